The van der Waals surface area contributed by atoms with Crippen LogP contribution in [0.25, 0.3) is 16.3 Å². The number of phenolic OH excluding ortho intramolecular Hbond substituents is 1. The molecule has 4 unspecified atom stereocenters. The number of carbonyl (C=O) groups excluding carboxylic acids is 1. The normalized spacial score (nSPS) is 25.8. The molecule has 0 amide bonds. The van der Waals surface area contributed by atoms with Gasteiger partial charge in [-0.2, -0.15) is 4.79 Å². The third-order valence-electron chi connectivity index (χ3n) is 5.73. The fourth-order valence-electron chi connectivity index (χ4n) is 4.37. The number of hydrogen-bond acceptors (Lipinski definition) is 8. The van der Waals surface area contributed by atoms with Crippen molar-refractivity contribution in [3.05, 3.63) is 71.1 Å². The van der Waals surface area contributed by atoms with Gasteiger partial charge in [-0.3, -0.25) is 14.4 Å². The van der Waals surface area contributed by atoms with Crippen LogP contribution < -0.4 is 16.2 Å². The first-order valence-electron chi connectivity index (χ1n) is 8.92. The predicted molar refractivity (Wildman–Crippen MR) is 98.7 cm³/mol. The number of nitrogens with zero attached hydrogens (tertiary/aromatic N) is 2. The maximum absolute atomic E-state index is 13.2. The summed E-state index contributed by atoms with van der Waals surface area (Å²) in [4.78, 5) is 40.9. The van der Waals surface area contributed by atoms with E-state index in [9.17, 15) is 40.3 Å². The molecule has 0 spiro atoms. The maximum atomic E-state index is 13.2. The zero-order valence-electron chi connectivity index (χ0n) is 15.8. The molecule has 1 aromatic rings. The van der Waals surface area contributed by atoms with Gasteiger partial charge in [0, 0.05) is 23.1 Å². The van der Waals surface area contributed by atoms with Gasteiger partial charge >= 0.3 is 11.3 Å². The fraction of sp³-hybridized carbons (Fsp3) is 0.300. The minimum atomic E-state index is -2.06. The minimum absolute atomic E-state index is 0.144. The van der Waals surface area contributed by atoms with Crippen LogP contribution >= 0.6 is 0 Å². The first-order valence-corrected chi connectivity index (χ1v) is 8.92. The highest BCUT2D eigenvalue weighted by Crippen LogP contribution is 2.44. The Morgan fingerprint density at radius 2 is 1.80 bits per heavy atom. The van der Waals surface area contributed by atoms with Crippen LogP contribution in [0.2, 0.25) is 0 Å². The predicted octanol–water partition coefficient (Wildman–Crippen LogP) is -1.24. The third kappa shape index (κ3) is 2.27. The quantitative estimate of drug-likeness (QED) is 0.218. The molecule has 0 saturated heterocycles. The van der Waals surface area contributed by atoms with Crippen molar-refractivity contribution in [1.29, 1.82) is 0 Å². The number of aromatic hydroxyl groups is 1. The molecule has 4 atom stereocenters. The van der Waals surface area contributed by atoms with Crippen molar-refractivity contribution in [2.45, 2.75) is 37.8 Å². The smallest absolute Gasteiger partial charge is 0.333 e. The highest BCUT2D eigenvalue weighted by molar-refractivity contribution is 5.88. The Bertz CT molecular complexity index is 1480. The van der Waals surface area contributed by atoms with Gasteiger partial charge in [0.25, 0.3) is 0 Å². The van der Waals surface area contributed by atoms with E-state index < -0.39 is 57.1 Å². The van der Waals surface area contributed by atoms with Gasteiger partial charge in [0.1, 0.15) is 29.3 Å². The van der Waals surface area contributed by atoms with Crippen molar-refractivity contribution in [2.24, 2.45) is 0 Å². The number of rotatable bonds is 1. The molecule has 30 heavy (non-hydrogen) atoms. The van der Waals surface area contributed by atoms with Crippen LogP contribution in [0, 0.1) is 10.4 Å². The van der Waals surface area contributed by atoms with Crippen LogP contribution in [0.15, 0.2) is 27.8 Å². The molecule has 3 aliphatic carbocycles. The lowest BCUT2D eigenvalue weighted by atomic mass is 9.76. The maximum Gasteiger partial charge on any atom is 0.333 e. The van der Waals surface area contributed by atoms with E-state index >= 15 is 0 Å². The number of hydrogen-bond donors (Lipinski definition) is 4. The number of benzene rings is 1. The van der Waals surface area contributed by atoms with Gasteiger partial charge in [-0.1, -0.05) is 12.1 Å². The van der Waals surface area contributed by atoms with E-state index in [1.807, 2.05) is 0 Å². The molecule has 1 aromatic carbocycles. The van der Waals surface area contributed by atoms with E-state index in [1.54, 1.807) is 0 Å². The van der Waals surface area contributed by atoms with Gasteiger partial charge in [-0.25, -0.2) is 0 Å². The van der Waals surface area contributed by atoms with Gasteiger partial charge in [0.15, 0.2) is 11.0 Å². The molecule has 0 bridgehead atoms. The van der Waals surface area contributed by atoms with Gasteiger partial charge in [0.05, 0.1) is 10.9 Å². The molecular formula is C20H16N2O8. The average molecular weight is 412 g/mol. The van der Waals surface area contributed by atoms with Crippen LogP contribution in [0.4, 0.5) is 0 Å². The van der Waals surface area contributed by atoms with Crippen LogP contribution in [-0.4, -0.2) is 42.9 Å². The molecule has 3 aliphatic rings. The molecular weight excluding hydrogens is 396 g/mol. The molecule has 0 fully saturated rings. The summed E-state index contributed by atoms with van der Waals surface area (Å²) in [5.41, 5.74) is 5.31. The number of aliphatic hydroxyl groups excluding tert-OH is 3. The number of phenols is 1. The Balaban J connectivity index is 2.30. The van der Waals surface area contributed by atoms with Crippen molar-refractivity contribution >= 4 is 16.7 Å². The second-order valence-electron chi connectivity index (χ2n) is 7.45. The highest BCUT2D eigenvalue weighted by Gasteiger charge is 2.55. The molecule has 10 heteroatoms. The molecule has 0 saturated carbocycles. The first kappa shape index (κ1) is 19.9. The van der Waals surface area contributed by atoms with Crippen molar-refractivity contribution in [3.63, 3.8) is 0 Å². The van der Waals surface area contributed by atoms with Crippen molar-refractivity contribution in [2.75, 3.05) is 0 Å². The Morgan fingerprint density at radius 1 is 1.13 bits per heavy atom. The Morgan fingerprint density at radius 3 is 2.40 bits per heavy atom. The minimum Gasteiger partial charge on any atom is -0.507 e. The summed E-state index contributed by atoms with van der Waals surface area (Å²) in [6.45, 7) is 2.19. The number of ether oxygens (including phenoxy) is 1. The summed E-state index contributed by atoms with van der Waals surface area (Å²) in [6.07, 6.45) is -5.56. The van der Waals surface area contributed by atoms with E-state index in [2.05, 4.69) is 4.79 Å². The first-order chi connectivity index (χ1) is 14.1. The lowest BCUT2D eigenvalue weighted by molar-refractivity contribution is -0.212. The number of aliphatic hydroxyl groups is 3. The van der Waals surface area contributed by atoms with E-state index in [1.165, 1.54) is 18.2 Å². The van der Waals surface area contributed by atoms with Gasteiger partial charge in [0.2, 0.25) is 5.43 Å². The molecule has 0 radical (unpaired) electrons. The van der Waals surface area contributed by atoms with Crippen molar-refractivity contribution in [1.82, 2.24) is 0 Å². The summed E-state index contributed by atoms with van der Waals surface area (Å²) in [6, 6.07) is 3.87. The Hall–Kier alpha value is -3.43. The summed E-state index contributed by atoms with van der Waals surface area (Å²) in [5.74, 6) is -1.33. The van der Waals surface area contributed by atoms with Crippen molar-refractivity contribution < 1.29 is 34.7 Å². The number of esters is 1. The van der Waals surface area contributed by atoms with E-state index in [0.29, 0.717) is 0 Å². The van der Waals surface area contributed by atoms with Crippen LogP contribution in [0.1, 0.15) is 37.2 Å². The van der Waals surface area contributed by atoms with E-state index in [-0.39, 0.29) is 27.1 Å². The van der Waals surface area contributed by atoms with Crippen LogP contribution in [-0.2, 0) is 9.53 Å². The van der Waals surface area contributed by atoms with Gasteiger partial charge in [-0.15, -0.1) is 0 Å². The standard InChI is InChI=1S/C20H16N2O8/c1-6(23)30-20(2)18(28)13-11(17(27)19(20)29)10-12(14(13)22-21)16(26)9-7(15(10)25)4-3-5-8(9)24/h3-5,17-19,24,27-29H,1-2H3. The topological polar surface area (TPSA) is 178 Å². The number of carbonyl (C=O) groups is 1. The van der Waals surface area contributed by atoms with Crippen molar-refractivity contribution in [3.8, 4) is 5.75 Å². The lowest BCUT2D eigenvalue weighted by Gasteiger charge is -2.43. The molecule has 154 valence electrons. The third-order valence-corrected chi connectivity index (χ3v) is 5.73. The second kappa shape index (κ2) is 6.28. The molecule has 4 N–H and O–H groups in total. The summed E-state index contributed by atoms with van der Waals surface area (Å²) in [7, 11) is 0. The summed E-state index contributed by atoms with van der Waals surface area (Å²) >= 11 is 0. The fourth-order valence-corrected chi connectivity index (χ4v) is 4.37. The molecule has 0 heterocycles. The van der Waals surface area contributed by atoms with E-state index in [4.69, 9.17) is 4.74 Å². The monoisotopic (exact) mass is 412 g/mol. The average Bonchev–Trinajstić information content (AvgIpc) is 3.04. The largest absolute Gasteiger partial charge is 0.507 e. The zero-order valence-corrected chi connectivity index (χ0v) is 15.8. The van der Waals surface area contributed by atoms with E-state index in [0.717, 1.165) is 13.8 Å². The zero-order chi connectivity index (χ0) is 22.1. The van der Waals surface area contributed by atoms with Crippen LogP contribution in [0.5, 0.6) is 5.75 Å². The second-order valence-corrected chi connectivity index (χ2v) is 7.45. The SMILES string of the molecule is CC(=O)OC1(C)C(O)c2c(c3c(=O)c4cccc(O)c4c(=O)c=3c2=[N+]=[N-])C(O)C1O. The summed E-state index contributed by atoms with van der Waals surface area (Å²) < 4.78 is 5.06. The molecule has 10 nitrogen and oxygen atoms in total. The molecule has 0 aliphatic heterocycles. The Labute approximate surface area is 166 Å². The van der Waals surface area contributed by atoms with Gasteiger partial charge < -0.3 is 30.7 Å². The lowest BCUT2D eigenvalue weighted by Crippen LogP contribution is -2.55. The highest BCUT2D eigenvalue weighted by atomic mass is 16.6. The molecule has 0 aromatic heterocycles. The molecule has 4 rings (SSSR count). The Kier molecular flexibility index (Phi) is 4.16. The van der Waals surface area contributed by atoms with Crippen LogP contribution in [0.3, 0.4) is 0 Å². The summed E-state index contributed by atoms with van der Waals surface area (Å²) in [5, 5.41) is 40.7. The number of fused-ring (bicyclic) bond motifs is 3. The van der Waals surface area contributed by atoms with Gasteiger partial charge in [-0.05, 0) is 13.0 Å².